The van der Waals surface area contributed by atoms with Crippen LogP contribution in [0.3, 0.4) is 0 Å². The number of benzene rings is 1. The number of rotatable bonds is 2. The molecule has 3 aliphatic rings. The number of hydrogen-bond donors (Lipinski definition) is 4. The summed E-state index contributed by atoms with van der Waals surface area (Å²) in [6.45, 7) is 5.26. The number of amides is 1. The largest absolute Gasteiger partial charge is 0.506 e. The first kappa shape index (κ1) is 24.8. The molecule has 6 atom stereocenters. The van der Waals surface area contributed by atoms with Gasteiger partial charge >= 0.3 is 0 Å². The molecule has 0 saturated heterocycles. The van der Waals surface area contributed by atoms with Gasteiger partial charge in [0, 0.05) is 12.3 Å². The monoisotopic (exact) mass is 481 g/mol. The van der Waals surface area contributed by atoms with Gasteiger partial charge in [-0.05, 0) is 48.8 Å². The number of primary amides is 1. The highest BCUT2D eigenvalue weighted by atomic mass is 16.3. The highest BCUT2D eigenvalue weighted by Crippen LogP contribution is 2.51. The molecule has 35 heavy (non-hydrogen) atoms. The normalized spacial score (nSPS) is 30.7. The van der Waals surface area contributed by atoms with Gasteiger partial charge in [-0.25, -0.2) is 0 Å². The van der Waals surface area contributed by atoms with Crippen LogP contribution in [0.5, 0.6) is 5.75 Å². The predicted molar refractivity (Wildman–Crippen MR) is 121 cm³/mol. The fourth-order valence-electron chi connectivity index (χ4n) is 5.86. The summed E-state index contributed by atoms with van der Waals surface area (Å²) in [5.41, 5.74) is 3.86. The van der Waals surface area contributed by atoms with Crippen LogP contribution >= 0.6 is 0 Å². The Morgan fingerprint density at radius 3 is 2.37 bits per heavy atom. The van der Waals surface area contributed by atoms with E-state index >= 15 is 0 Å². The van der Waals surface area contributed by atoms with Crippen molar-refractivity contribution in [2.75, 3.05) is 0 Å². The van der Waals surface area contributed by atoms with Gasteiger partial charge in [-0.2, -0.15) is 0 Å². The lowest BCUT2D eigenvalue weighted by atomic mass is 9.53. The third-order valence-corrected chi connectivity index (χ3v) is 7.47. The highest BCUT2D eigenvalue weighted by molar-refractivity contribution is 6.31. The molecule has 1 amide bonds. The zero-order valence-electron chi connectivity index (χ0n) is 19.6. The number of phenols is 1. The van der Waals surface area contributed by atoms with Gasteiger partial charge in [0.25, 0.3) is 0 Å². The molecule has 1 aromatic carbocycles. The maximum atomic E-state index is 13.7. The molecule has 9 heteroatoms. The van der Waals surface area contributed by atoms with E-state index in [1.54, 1.807) is 6.07 Å². The third kappa shape index (κ3) is 3.60. The smallest absolute Gasteiger partial charge is 0.235 e. The molecule has 3 unspecified atom stereocenters. The minimum Gasteiger partial charge on any atom is -0.506 e. The number of fused-ring (bicyclic) bond motifs is 3. The zero-order valence-corrected chi connectivity index (χ0v) is 19.6. The van der Waals surface area contributed by atoms with Gasteiger partial charge in [0.05, 0.1) is 17.0 Å². The Kier molecular flexibility index (Phi) is 5.94. The van der Waals surface area contributed by atoms with Crippen molar-refractivity contribution in [1.29, 1.82) is 0 Å². The maximum absolute atomic E-state index is 13.7. The van der Waals surface area contributed by atoms with Crippen molar-refractivity contribution in [2.45, 2.75) is 57.7 Å². The van der Waals surface area contributed by atoms with Gasteiger partial charge in [-0.3, -0.25) is 24.0 Å². The van der Waals surface area contributed by atoms with E-state index in [0.717, 1.165) is 5.56 Å². The molecule has 5 N–H and O–H groups in total. The summed E-state index contributed by atoms with van der Waals surface area (Å²) in [5.74, 6) is -5.40. The Bertz CT molecular complexity index is 1250. The summed E-state index contributed by atoms with van der Waals surface area (Å²) >= 11 is 0. The van der Waals surface area contributed by atoms with Crippen LogP contribution in [0.25, 0.3) is 0 Å². The number of phenolic OH excluding ortho intramolecular Hbond substituents is 1. The Morgan fingerprint density at radius 2 is 1.80 bits per heavy atom. The lowest BCUT2D eigenvalue weighted by molar-refractivity contribution is -0.175. The van der Waals surface area contributed by atoms with E-state index in [1.807, 2.05) is 13.8 Å². The minimum absolute atomic E-state index is 0.0446. The predicted octanol–water partition coefficient (Wildman–Crippen LogP) is 0.183. The molecule has 0 aliphatic heterocycles. The fraction of sp³-hybridized carbons (Fsp3) is 0.500. The van der Waals surface area contributed by atoms with Crippen LogP contribution in [0.4, 0.5) is 0 Å². The first-order valence-corrected chi connectivity index (χ1v) is 11.6. The standard InChI is InChI=1S/C26H27NO8/c1-10(2)15-7-12(5-4-11(3)28)21(30)19-16(15)8-13-6-14-9-17(29)20(25(27)34)24(33)26(14,35)23(32)18(13)22(19)31/h7,10-11,13-14,18,20,28,30,35H,6,8-9H2,1-3H3,(H2,27,34)/t11?,13-,14+,18?,20?,26+/m1/s1. The molecule has 0 spiro atoms. The van der Waals surface area contributed by atoms with Crippen molar-refractivity contribution >= 4 is 29.0 Å². The summed E-state index contributed by atoms with van der Waals surface area (Å²) in [7, 11) is 0. The van der Waals surface area contributed by atoms with Gasteiger partial charge in [0.1, 0.15) is 11.9 Å². The summed E-state index contributed by atoms with van der Waals surface area (Å²) in [4.78, 5) is 64.4. The molecular formula is C26H27NO8. The Morgan fingerprint density at radius 1 is 1.14 bits per heavy atom. The summed E-state index contributed by atoms with van der Waals surface area (Å²) in [6.07, 6.45) is -1.08. The Balaban J connectivity index is 1.86. The number of aliphatic hydroxyl groups excluding tert-OH is 1. The quantitative estimate of drug-likeness (QED) is 0.342. The van der Waals surface area contributed by atoms with Crippen LogP contribution in [0.1, 0.15) is 66.6 Å². The number of carbonyl (C=O) groups is 5. The van der Waals surface area contributed by atoms with E-state index < -0.39 is 70.2 Å². The number of carbonyl (C=O) groups excluding carboxylic acids is 5. The average molecular weight is 482 g/mol. The van der Waals surface area contributed by atoms with Crippen molar-refractivity contribution < 1.29 is 39.3 Å². The van der Waals surface area contributed by atoms with Crippen molar-refractivity contribution in [3.63, 3.8) is 0 Å². The van der Waals surface area contributed by atoms with Gasteiger partial charge in [0.2, 0.25) is 5.91 Å². The van der Waals surface area contributed by atoms with Crippen LogP contribution in [0.2, 0.25) is 0 Å². The van der Waals surface area contributed by atoms with Gasteiger partial charge in [-0.1, -0.05) is 25.7 Å². The van der Waals surface area contributed by atoms with Crippen LogP contribution in [-0.4, -0.2) is 56.1 Å². The van der Waals surface area contributed by atoms with Crippen LogP contribution < -0.4 is 5.73 Å². The molecule has 2 fully saturated rings. The summed E-state index contributed by atoms with van der Waals surface area (Å²) in [6, 6.07) is 1.66. The Labute approximate surface area is 201 Å². The molecule has 2 saturated carbocycles. The van der Waals surface area contributed by atoms with Crippen molar-refractivity contribution in [3.8, 4) is 17.6 Å². The molecule has 0 radical (unpaired) electrons. The van der Waals surface area contributed by atoms with Gasteiger partial charge in [0.15, 0.2) is 34.7 Å². The average Bonchev–Trinajstić information content (AvgIpc) is 2.75. The fourth-order valence-corrected chi connectivity index (χ4v) is 5.86. The lowest BCUT2D eigenvalue weighted by Crippen LogP contribution is -2.68. The molecule has 0 bridgehead atoms. The lowest BCUT2D eigenvalue weighted by Gasteiger charge is -2.48. The molecule has 1 aromatic rings. The maximum Gasteiger partial charge on any atom is 0.235 e. The van der Waals surface area contributed by atoms with E-state index in [1.165, 1.54) is 6.92 Å². The van der Waals surface area contributed by atoms with Crippen LogP contribution in [0.15, 0.2) is 6.07 Å². The molecule has 0 aromatic heterocycles. The number of aliphatic hydroxyl groups is 2. The molecule has 184 valence electrons. The highest BCUT2D eigenvalue weighted by Gasteiger charge is 2.66. The second kappa shape index (κ2) is 8.40. The van der Waals surface area contributed by atoms with Crippen LogP contribution in [-0.2, 0) is 25.6 Å². The van der Waals surface area contributed by atoms with Crippen LogP contribution in [0, 0.1) is 35.5 Å². The molecular weight excluding hydrogens is 454 g/mol. The SMILES string of the molecule is CC(O)C#Cc1cc(C(C)C)c2c(c1O)C(=O)C1C(=O)[C@]3(O)C(=O)C(C(N)=O)C(=O)C[C@@H]3C[C@@H]1C2. The second-order valence-corrected chi connectivity index (χ2v) is 10.1. The minimum atomic E-state index is -2.68. The number of aromatic hydroxyl groups is 1. The molecule has 3 aliphatic carbocycles. The van der Waals surface area contributed by atoms with Gasteiger partial charge in [-0.15, -0.1) is 0 Å². The van der Waals surface area contributed by atoms with E-state index in [0.29, 0.717) is 5.56 Å². The number of nitrogens with two attached hydrogens (primary N) is 1. The number of ketones is 4. The van der Waals surface area contributed by atoms with Crippen molar-refractivity contribution in [2.24, 2.45) is 29.4 Å². The molecule has 0 heterocycles. The summed E-state index contributed by atoms with van der Waals surface area (Å²) in [5, 5.41) is 31.7. The molecule has 4 rings (SSSR count). The van der Waals surface area contributed by atoms with Crippen molar-refractivity contribution in [1.82, 2.24) is 0 Å². The third-order valence-electron chi connectivity index (χ3n) is 7.47. The first-order valence-electron chi connectivity index (χ1n) is 11.6. The van der Waals surface area contributed by atoms with E-state index in [4.69, 9.17) is 5.73 Å². The van der Waals surface area contributed by atoms with Gasteiger partial charge < -0.3 is 21.1 Å². The summed E-state index contributed by atoms with van der Waals surface area (Å²) < 4.78 is 0. The van der Waals surface area contributed by atoms with Crippen molar-refractivity contribution in [3.05, 3.63) is 28.3 Å². The topological polar surface area (TPSA) is 172 Å². The Hall–Kier alpha value is -3.35. The van der Waals surface area contributed by atoms with E-state index in [9.17, 15) is 39.3 Å². The zero-order chi connectivity index (χ0) is 26.0. The number of hydrogen-bond acceptors (Lipinski definition) is 8. The number of Topliss-reactive ketones (excluding diaryl/α,β-unsaturated/α-hetero) is 4. The van der Waals surface area contributed by atoms with E-state index in [2.05, 4.69) is 11.8 Å². The van der Waals surface area contributed by atoms with E-state index in [-0.39, 0.29) is 36.3 Å². The molecule has 9 nitrogen and oxygen atoms in total. The first-order chi connectivity index (χ1) is 16.3. The second-order valence-electron chi connectivity index (χ2n) is 10.1.